The minimum absolute atomic E-state index is 0. The van der Waals surface area contributed by atoms with Crippen LogP contribution < -0.4 is 0 Å². The normalized spacial score (nSPS) is 10.5. The smallest absolute Gasteiger partial charge is 0.429 e. The summed E-state index contributed by atoms with van der Waals surface area (Å²) in [5.74, 6) is 0. The summed E-state index contributed by atoms with van der Waals surface area (Å²) < 4.78 is 0. The van der Waals surface area contributed by atoms with Gasteiger partial charge in [0.1, 0.15) is 0 Å². The van der Waals surface area contributed by atoms with Crippen LogP contribution in [0.2, 0.25) is 0 Å². The van der Waals surface area contributed by atoms with Crippen molar-refractivity contribution in [3.63, 3.8) is 0 Å². The summed E-state index contributed by atoms with van der Waals surface area (Å²) in [7, 11) is 0. The third-order valence-electron chi connectivity index (χ3n) is 1.90. The van der Waals surface area contributed by atoms with E-state index in [4.69, 9.17) is 20.3 Å². The van der Waals surface area contributed by atoms with Crippen molar-refractivity contribution in [3.05, 3.63) is 18.5 Å². The highest BCUT2D eigenvalue weighted by atomic mass is 16.4. The van der Waals surface area contributed by atoms with E-state index >= 15 is 0 Å². The molecule has 0 unspecified atom stereocenters. The predicted octanol–water partition coefficient (Wildman–Crippen LogP) is -0.557. The molecule has 1 rings (SSSR count). The Morgan fingerprint density at radius 3 is 1.50 bits per heavy atom. The number of nitrogens with zero attached hydrogens (tertiary/aromatic N) is 1. The zero-order chi connectivity index (χ0) is 13.2. The molecular weight excluding hydrogens is 211 g/mol. The first-order chi connectivity index (χ1) is 7.16. The highest BCUT2D eigenvalue weighted by molar-refractivity contribution is 6.13. The van der Waals surface area contributed by atoms with E-state index < -0.39 is 11.2 Å². The molecule has 93 valence electrons. The summed E-state index contributed by atoms with van der Waals surface area (Å²) in [5, 5.41) is 38.4. The molecule has 1 aromatic heterocycles. The Morgan fingerprint density at radius 2 is 1.44 bits per heavy atom. The van der Waals surface area contributed by atoms with Gasteiger partial charge in [0, 0.05) is 12.4 Å². The van der Waals surface area contributed by atoms with Crippen LogP contribution in [0, 0.1) is 0 Å². The quantitative estimate of drug-likeness (QED) is 0.416. The first kappa shape index (κ1) is 17.5. The van der Waals surface area contributed by atoms with Crippen molar-refractivity contribution < 1.29 is 20.3 Å². The molecule has 0 aromatic carbocycles. The fourth-order valence-corrected chi connectivity index (χ4v) is 0.215. The number of hydrogen-bond donors (Lipinski definition) is 5. The van der Waals surface area contributed by atoms with E-state index in [1.807, 2.05) is 6.07 Å². The van der Waals surface area contributed by atoms with Gasteiger partial charge in [-0.05, 0) is 33.8 Å². The van der Waals surface area contributed by atoms with Crippen molar-refractivity contribution in [1.29, 1.82) is 0 Å². The molecule has 0 spiro atoms. The van der Waals surface area contributed by atoms with Crippen LogP contribution in [0.15, 0.2) is 18.5 Å². The van der Waals surface area contributed by atoms with Gasteiger partial charge in [-0.3, -0.25) is 5.10 Å². The molecular formula is C9H20BN2O4. The van der Waals surface area contributed by atoms with Crippen LogP contribution in [0.1, 0.15) is 27.7 Å². The molecule has 0 aliphatic rings. The number of rotatable bonds is 1. The average Bonchev–Trinajstić information content (AvgIpc) is 2.57. The highest BCUT2D eigenvalue weighted by Crippen LogP contribution is 2.19. The third-order valence-corrected chi connectivity index (χ3v) is 1.90. The Balaban J connectivity index is 0. The number of aliphatic hydroxyl groups is 2. The molecule has 0 saturated carbocycles. The number of aromatic amines is 1. The minimum atomic E-state index is -1.01. The molecule has 1 heterocycles. The maximum Gasteiger partial charge on any atom is 0.482 e. The molecule has 0 bridgehead atoms. The predicted molar refractivity (Wildman–Crippen MR) is 61.4 cm³/mol. The average molecular weight is 231 g/mol. The molecule has 0 amide bonds. The molecule has 16 heavy (non-hydrogen) atoms. The number of nitrogens with one attached hydrogen (secondary N) is 1. The van der Waals surface area contributed by atoms with Crippen molar-refractivity contribution in [2.45, 2.75) is 38.9 Å². The maximum atomic E-state index is 9.10. The first-order valence-electron chi connectivity index (χ1n) is 4.65. The van der Waals surface area contributed by atoms with Gasteiger partial charge in [0.05, 0.1) is 11.2 Å². The van der Waals surface area contributed by atoms with Crippen LogP contribution in [0.5, 0.6) is 0 Å². The van der Waals surface area contributed by atoms with E-state index in [-0.39, 0.29) is 7.69 Å². The molecule has 0 atom stereocenters. The molecule has 1 aromatic rings. The van der Waals surface area contributed by atoms with Crippen molar-refractivity contribution in [2.24, 2.45) is 0 Å². The lowest BCUT2D eigenvalue weighted by molar-refractivity contribution is -0.107. The summed E-state index contributed by atoms with van der Waals surface area (Å²) in [6.45, 7) is 6.31. The summed E-state index contributed by atoms with van der Waals surface area (Å²) in [4.78, 5) is 0. The highest BCUT2D eigenvalue weighted by Gasteiger charge is 2.31. The van der Waals surface area contributed by atoms with Gasteiger partial charge in [0.25, 0.3) is 0 Å². The Morgan fingerprint density at radius 1 is 1.06 bits per heavy atom. The standard InChI is InChI=1S/C6H14O2.C3H4N2.BH2O2/c1-5(2,7)6(3,4)8;1-2-4-5-3-1;2-1-3/h7-8H,1-4H3;1-3H,(H,4,5);2-3H. The number of hydrogen-bond acceptors (Lipinski definition) is 5. The molecule has 5 N–H and O–H groups in total. The van der Waals surface area contributed by atoms with Gasteiger partial charge in [-0.25, -0.2) is 0 Å². The number of H-pyrrole nitrogens is 1. The van der Waals surface area contributed by atoms with Gasteiger partial charge in [0.15, 0.2) is 0 Å². The SMILES string of the molecule is CC(C)(O)C(C)(C)O.O[B]O.c1cn[nH]c1. The zero-order valence-electron chi connectivity index (χ0n) is 10.0. The van der Waals surface area contributed by atoms with Crippen LogP contribution in [0.3, 0.4) is 0 Å². The van der Waals surface area contributed by atoms with Crippen LogP contribution in [-0.2, 0) is 0 Å². The second-order valence-electron chi connectivity index (χ2n) is 4.00. The van der Waals surface area contributed by atoms with Gasteiger partial charge in [-0.2, -0.15) is 5.10 Å². The Labute approximate surface area is 96.3 Å². The number of aromatic nitrogens is 2. The molecule has 6 nitrogen and oxygen atoms in total. The zero-order valence-corrected chi connectivity index (χ0v) is 10.0. The largest absolute Gasteiger partial charge is 0.482 e. The molecule has 1 radical (unpaired) electrons. The first-order valence-corrected chi connectivity index (χ1v) is 4.65. The van der Waals surface area contributed by atoms with E-state index in [0.717, 1.165) is 0 Å². The summed E-state index contributed by atoms with van der Waals surface area (Å²) in [6.07, 6.45) is 3.46. The van der Waals surface area contributed by atoms with Crippen LogP contribution in [0.25, 0.3) is 0 Å². The third kappa shape index (κ3) is 11.2. The van der Waals surface area contributed by atoms with Crippen LogP contribution >= 0.6 is 0 Å². The summed E-state index contributed by atoms with van der Waals surface area (Å²) in [6, 6.07) is 1.83. The van der Waals surface area contributed by atoms with E-state index in [9.17, 15) is 0 Å². The Bertz CT molecular complexity index is 199. The molecule has 0 aliphatic heterocycles. The van der Waals surface area contributed by atoms with E-state index in [0.29, 0.717) is 0 Å². The van der Waals surface area contributed by atoms with Crippen LogP contribution in [-0.4, -0.2) is 49.3 Å². The topological polar surface area (TPSA) is 110 Å². The van der Waals surface area contributed by atoms with Gasteiger partial charge in [-0.15, -0.1) is 0 Å². The summed E-state index contributed by atoms with van der Waals surface area (Å²) in [5.41, 5.74) is -2.01. The maximum absolute atomic E-state index is 9.10. The fraction of sp³-hybridized carbons (Fsp3) is 0.667. The molecule has 0 aliphatic carbocycles. The lowest BCUT2D eigenvalue weighted by atomic mass is 9.90. The minimum Gasteiger partial charge on any atom is -0.429 e. The van der Waals surface area contributed by atoms with Crippen molar-refractivity contribution in [1.82, 2.24) is 10.2 Å². The van der Waals surface area contributed by atoms with Gasteiger partial charge in [0.2, 0.25) is 0 Å². The fourth-order valence-electron chi connectivity index (χ4n) is 0.215. The second kappa shape index (κ2) is 8.29. The van der Waals surface area contributed by atoms with Gasteiger partial charge in [-0.1, -0.05) is 0 Å². The second-order valence-corrected chi connectivity index (χ2v) is 4.00. The van der Waals surface area contributed by atoms with Crippen molar-refractivity contribution in [2.75, 3.05) is 0 Å². The Hall–Kier alpha value is -0.885. The van der Waals surface area contributed by atoms with Crippen LogP contribution in [0.4, 0.5) is 0 Å². The van der Waals surface area contributed by atoms with Crippen molar-refractivity contribution >= 4 is 7.69 Å². The molecule has 0 saturated heterocycles. The summed E-state index contributed by atoms with van der Waals surface area (Å²) >= 11 is 0. The van der Waals surface area contributed by atoms with E-state index in [1.165, 1.54) is 0 Å². The lowest BCUT2D eigenvalue weighted by Crippen LogP contribution is -2.44. The van der Waals surface area contributed by atoms with E-state index in [2.05, 4.69) is 10.2 Å². The molecule has 7 heteroatoms. The van der Waals surface area contributed by atoms with Crippen molar-refractivity contribution in [3.8, 4) is 0 Å². The lowest BCUT2D eigenvalue weighted by Gasteiger charge is -2.31. The monoisotopic (exact) mass is 231 g/mol. The van der Waals surface area contributed by atoms with Gasteiger partial charge < -0.3 is 20.3 Å². The van der Waals surface area contributed by atoms with E-state index in [1.54, 1.807) is 40.1 Å². The Kier molecular flexibility index (Phi) is 9.07. The van der Waals surface area contributed by atoms with Gasteiger partial charge >= 0.3 is 7.69 Å². The molecule has 0 fully saturated rings.